The van der Waals surface area contributed by atoms with Crippen molar-refractivity contribution in [1.29, 1.82) is 0 Å². The molecule has 0 spiro atoms. The lowest BCUT2D eigenvalue weighted by atomic mass is 10.0. The van der Waals surface area contributed by atoms with E-state index in [1.165, 1.54) is 11.1 Å². The summed E-state index contributed by atoms with van der Waals surface area (Å²) in [5.41, 5.74) is 2.71. The molecule has 1 aromatic rings. The Bertz CT molecular complexity index is 279. The van der Waals surface area contributed by atoms with Crippen LogP contribution in [0.3, 0.4) is 0 Å². The molecule has 0 aliphatic rings. The third-order valence-electron chi connectivity index (χ3n) is 2.73. The average molecular weight is 241 g/mol. The third-order valence-corrected chi connectivity index (χ3v) is 2.73. The van der Waals surface area contributed by atoms with Crippen LogP contribution in [-0.4, -0.2) is 33.7 Å². The summed E-state index contributed by atoms with van der Waals surface area (Å²) >= 11 is 0. The van der Waals surface area contributed by atoms with Crippen LogP contribution in [0.2, 0.25) is 12.6 Å². The summed E-state index contributed by atoms with van der Waals surface area (Å²) in [6, 6.07) is 8.77. The van der Waals surface area contributed by atoms with Gasteiger partial charge in [0.1, 0.15) is 0 Å². The molecule has 0 aromatic heterocycles. The largest absolute Gasteiger partial charge is 0.301 e. The van der Waals surface area contributed by atoms with Crippen LogP contribution in [0.15, 0.2) is 24.3 Å². The molecule has 4 radical (unpaired) electrons. The van der Waals surface area contributed by atoms with E-state index in [1.807, 2.05) is 13.8 Å². The van der Waals surface area contributed by atoms with Gasteiger partial charge < -0.3 is 4.90 Å². The Labute approximate surface area is 116 Å². The lowest BCUT2D eigenvalue weighted by Gasteiger charge is -2.21. The molecule has 0 atom stereocenters. The van der Waals surface area contributed by atoms with E-state index in [0.29, 0.717) is 12.6 Å². The van der Waals surface area contributed by atoms with E-state index in [0.717, 1.165) is 26.1 Å². The summed E-state index contributed by atoms with van der Waals surface area (Å²) in [5, 5.41) is 0. The zero-order valence-corrected chi connectivity index (χ0v) is 12.2. The molecule has 0 unspecified atom stereocenters. The van der Waals surface area contributed by atoms with Gasteiger partial charge in [0.05, 0.1) is 15.7 Å². The Hall–Kier alpha value is -0.690. The van der Waals surface area contributed by atoms with Crippen LogP contribution in [0.4, 0.5) is 0 Å². The van der Waals surface area contributed by atoms with Crippen LogP contribution in [0.5, 0.6) is 0 Å². The van der Waals surface area contributed by atoms with Gasteiger partial charge in [-0.2, -0.15) is 0 Å². The minimum atomic E-state index is 0.688. The normalized spacial score (nSPS) is 10.0. The highest BCUT2D eigenvalue weighted by Gasteiger charge is 2.03. The fourth-order valence-corrected chi connectivity index (χ4v) is 1.77. The molecular weight excluding hydrogens is 216 g/mol. The first-order valence-electron chi connectivity index (χ1n) is 7.00. The van der Waals surface area contributed by atoms with E-state index in [2.05, 4.69) is 36.1 Å². The SMILES string of the molecule is CC.[B]CCN(CC[B])Cc1ccc(CC)cc1. The maximum Gasteiger partial charge on any atom is 0.0670 e. The highest BCUT2D eigenvalue weighted by atomic mass is 15.1. The molecule has 0 N–H and O–H groups in total. The van der Waals surface area contributed by atoms with Gasteiger partial charge in [-0.25, -0.2) is 0 Å². The van der Waals surface area contributed by atoms with Crippen molar-refractivity contribution in [2.75, 3.05) is 13.1 Å². The Morgan fingerprint density at radius 3 is 1.72 bits per heavy atom. The number of rotatable bonds is 7. The minimum Gasteiger partial charge on any atom is -0.301 e. The molecule has 0 saturated carbocycles. The topological polar surface area (TPSA) is 3.24 Å². The maximum atomic E-state index is 5.58. The zero-order valence-electron chi connectivity index (χ0n) is 12.2. The molecule has 1 nitrogen and oxygen atoms in total. The Morgan fingerprint density at radius 1 is 0.889 bits per heavy atom. The molecule has 0 saturated heterocycles. The molecule has 0 aliphatic heterocycles. The maximum absolute atomic E-state index is 5.58. The molecule has 0 amide bonds. The predicted octanol–water partition coefficient (Wildman–Crippen LogP) is 3.25. The van der Waals surface area contributed by atoms with E-state index in [9.17, 15) is 0 Å². The Morgan fingerprint density at radius 2 is 1.33 bits per heavy atom. The second kappa shape index (κ2) is 11.4. The molecule has 1 rings (SSSR count). The molecule has 3 heteroatoms. The third kappa shape index (κ3) is 6.90. The molecule has 0 bridgehead atoms. The van der Waals surface area contributed by atoms with Gasteiger partial charge in [0.25, 0.3) is 0 Å². The van der Waals surface area contributed by atoms with Gasteiger partial charge in [-0.15, -0.1) is 0 Å². The minimum absolute atomic E-state index is 0.688. The summed E-state index contributed by atoms with van der Waals surface area (Å²) in [5.74, 6) is 0. The number of hydrogen-bond donors (Lipinski definition) is 0. The quantitative estimate of drug-likeness (QED) is 0.662. The summed E-state index contributed by atoms with van der Waals surface area (Å²) in [4.78, 5) is 2.29. The summed E-state index contributed by atoms with van der Waals surface area (Å²) in [6.45, 7) is 8.93. The fraction of sp³-hybridized carbons (Fsp3) is 0.600. The summed E-state index contributed by atoms with van der Waals surface area (Å²) < 4.78 is 0. The lowest BCUT2D eigenvalue weighted by Crippen LogP contribution is -2.25. The second-order valence-electron chi connectivity index (χ2n) is 4.02. The first kappa shape index (κ1) is 17.3. The smallest absolute Gasteiger partial charge is 0.0670 e. The molecule has 0 aliphatic carbocycles. The van der Waals surface area contributed by atoms with Crippen molar-refractivity contribution >= 4 is 15.7 Å². The van der Waals surface area contributed by atoms with Crippen molar-refractivity contribution in [2.45, 2.75) is 46.4 Å². The predicted molar refractivity (Wildman–Crippen MR) is 83.6 cm³/mol. The van der Waals surface area contributed by atoms with Crippen molar-refractivity contribution in [1.82, 2.24) is 4.90 Å². The van der Waals surface area contributed by atoms with Crippen molar-refractivity contribution < 1.29 is 0 Å². The van der Waals surface area contributed by atoms with Crippen molar-refractivity contribution in [3.63, 3.8) is 0 Å². The fourth-order valence-electron chi connectivity index (χ4n) is 1.77. The lowest BCUT2D eigenvalue weighted by molar-refractivity contribution is 0.296. The van der Waals surface area contributed by atoms with Gasteiger partial charge in [0, 0.05) is 6.54 Å². The average Bonchev–Trinajstić information content (AvgIpc) is 2.42. The van der Waals surface area contributed by atoms with Crippen LogP contribution in [0.25, 0.3) is 0 Å². The van der Waals surface area contributed by atoms with E-state index in [-0.39, 0.29) is 0 Å². The van der Waals surface area contributed by atoms with Gasteiger partial charge in [-0.1, -0.05) is 57.7 Å². The van der Waals surface area contributed by atoms with E-state index in [1.54, 1.807) is 0 Å². The van der Waals surface area contributed by atoms with E-state index < -0.39 is 0 Å². The second-order valence-corrected chi connectivity index (χ2v) is 4.02. The van der Waals surface area contributed by atoms with Crippen molar-refractivity contribution in [3.8, 4) is 0 Å². The van der Waals surface area contributed by atoms with Crippen LogP contribution in [-0.2, 0) is 13.0 Å². The number of aryl methyl sites for hydroxylation is 1. The molecule has 96 valence electrons. The molecule has 18 heavy (non-hydrogen) atoms. The van der Waals surface area contributed by atoms with Gasteiger partial charge in [-0.3, -0.25) is 0 Å². The number of nitrogens with zero attached hydrogens (tertiary/aromatic N) is 1. The van der Waals surface area contributed by atoms with E-state index >= 15 is 0 Å². The van der Waals surface area contributed by atoms with Gasteiger partial charge in [-0.05, 0) is 30.6 Å². The molecule has 0 heterocycles. The van der Waals surface area contributed by atoms with Gasteiger partial charge in [0.15, 0.2) is 0 Å². The Balaban J connectivity index is 0.00000137. The first-order valence-corrected chi connectivity index (χ1v) is 7.00. The summed E-state index contributed by atoms with van der Waals surface area (Å²) in [6.07, 6.45) is 2.47. The van der Waals surface area contributed by atoms with Crippen LogP contribution in [0.1, 0.15) is 31.9 Å². The Kier molecular flexibility index (Phi) is 11.0. The van der Waals surface area contributed by atoms with Gasteiger partial charge in [0.2, 0.25) is 0 Å². The first-order chi connectivity index (χ1) is 8.80. The standard InChI is InChI=1S/C13H19B2N.C2H6/c1-2-12-3-5-13(6-4-12)11-16(9-7-14)10-8-15;1-2/h3-6H,2,7-11H2,1H3;1-2H3. The number of benzene rings is 1. The summed E-state index contributed by atoms with van der Waals surface area (Å²) in [7, 11) is 11.2. The van der Waals surface area contributed by atoms with Crippen LogP contribution in [0, 0.1) is 0 Å². The van der Waals surface area contributed by atoms with Crippen molar-refractivity contribution in [3.05, 3.63) is 35.4 Å². The van der Waals surface area contributed by atoms with Crippen LogP contribution >= 0.6 is 0 Å². The molecule has 0 fully saturated rings. The van der Waals surface area contributed by atoms with Gasteiger partial charge >= 0.3 is 0 Å². The number of hydrogen-bond acceptors (Lipinski definition) is 1. The highest BCUT2D eigenvalue weighted by molar-refractivity contribution is 6.09. The highest BCUT2D eigenvalue weighted by Crippen LogP contribution is 2.08. The van der Waals surface area contributed by atoms with Crippen molar-refractivity contribution in [2.24, 2.45) is 0 Å². The van der Waals surface area contributed by atoms with E-state index in [4.69, 9.17) is 15.7 Å². The molecular formula is C15H25B2N. The van der Waals surface area contributed by atoms with Crippen LogP contribution < -0.4 is 0 Å². The zero-order chi connectivity index (χ0) is 13.8. The molecule has 1 aromatic carbocycles. The monoisotopic (exact) mass is 241 g/mol.